The monoisotopic (exact) mass is 470 g/mol. The van der Waals surface area contributed by atoms with E-state index >= 15 is 0 Å². The Hall–Kier alpha value is -3.46. The molecule has 9 nitrogen and oxygen atoms in total. The van der Waals surface area contributed by atoms with Gasteiger partial charge in [-0.25, -0.2) is 4.79 Å². The summed E-state index contributed by atoms with van der Waals surface area (Å²) >= 11 is 6.08. The fraction of sp³-hybridized carbons (Fsp3) is 0.348. The predicted octanol–water partition coefficient (Wildman–Crippen LogP) is 4.45. The largest absolute Gasteiger partial charge is 0.331 e. The average molecular weight is 471 g/mol. The Kier molecular flexibility index (Phi) is 6.07. The number of nitrogens with zero attached hydrogens (tertiary/aromatic N) is 3. The number of barbiturate groups is 1. The molecule has 1 saturated carbocycles. The van der Waals surface area contributed by atoms with Crippen molar-refractivity contribution in [1.82, 2.24) is 14.8 Å². The second kappa shape index (κ2) is 8.82. The predicted molar refractivity (Wildman–Crippen MR) is 122 cm³/mol. The number of imide groups is 2. The van der Waals surface area contributed by atoms with Gasteiger partial charge in [0.1, 0.15) is 10.6 Å². The van der Waals surface area contributed by atoms with Crippen LogP contribution in [0.2, 0.25) is 5.02 Å². The Bertz CT molecular complexity index is 1210. The summed E-state index contributed by atoms with van der Waals surface area (Å²) in [4.78, 5) is 49.8. The Balaban J connectivity index is 1.71. The van der Waals surface area contributed by atoms with E-state index in [0.29, 0.717) is 16.9 Å². The molecule has 33 heavy (non-hydrogen) atoms. The molecule has 2 aromatic rings. The van der Waals surface area contributed by atoms with Gasteiger partial charge in [-0.2, -0.15) is 0 Å². The molecule has 0 bridgehead atoms. The van der Waals surface area contributed by atoms with Gasteiger partial charge in [-0.3, -0.25) is 29.9 Å². The zero-order chi connectivity index (χ0) is 23.9. The van der Waals surface area contributed by atoms with Crippen molar-refractivity contribution in [2.75, 3.05) is 0 Å². The number of urea groups is 1. The summed E-state index contributed by atoms with van der Waals surface area (Å²) in [5.41, 5.74) is 2.45. The maximum absolute atomic E-state index is 13.2. The van der Waals surface area contributed by atoms with Crippen LogP contribution < -0.4 is 5.32 Å². The number of nitro benzene ring substituents is 1. The maximum atomic E-state index is 13.2. The fourth-order valence-corrected chi connectivity index (χ4v) is 4.86. The summed E-state index contributed by atoms with van der Waals surface area (Å²) in [5, 5.41) is 13.4. The quantitative estimate of drug-likeness (QED) is 0.307. The Morgan fingerprint density at radius 2 is 1.82 bits per heavy atom. The van der Waals surface area contributed by atoms with Crippen LogP contribution >= 0.6 is 11.6 Å². The normalized spacial score (nSPS) is 18.7. The third-order valence-corrected chi connectivity index (χ3v) is 6.53. The molecule has 1 aromatic heterocycles. The molecule has 0 radical (unpaired) electrons. The van der Waals surface area contributed by atoms with Crippen LogP contribution in [0.3, 0.4) is 0 Å². The van der Waals surface area contributed by atoms with Crippen LogP contribution in [0.4, 0.5) is 10.5 Å². The molecule has 2 heterocycles. The Labute approximate surface area is 195 Å². The second-order valence-electron chi connectivity index (χ2n) is 8.34. The van der Waals surface area contributed by atoms with E-state index in [1.165, 1.54) is 23.1 Å². The summed E-state index contributed by atoms with van der Waals surface area (Å²) in [7, 11) is 0. The van der Waals surface area contributed by atoms with Gasteiger partial charge in [0, 0.05) is 29.2 Å². The maximum Gasteiger partial charge on any atom is 0.331 e. The number of amides is 4. The van der Waals surface area contributed by atoms with Crippen LogP contribution in [0.5, 0.6) is 0 Å². The molecule has 2 aliphatic rings. The van der Waals surface area contributed by atoms with Crippen LogP contribution in [-0.4, -0.2) is 38.3 Å². The minimum atomic E-state index is -0.722. The van der Waals surface area contributed by atoms with Gasteiger partial charge < -0.3 is 4.57 Å². The molecule has 4 amide bonds. The van der Waals surface area contributed by atoms with Crippen molar-refractivity contribution in [1.29, 1.82) is 0 Å². The number of rotatable bonds is 4. The molecule has 2 fully saturated rings. The summed E-state index contributed by atoms with van der Waals surface area (Å²) in [6.45, 7) is 3.65. The number of carbonyl (C=O) groups is 3. The number of halogens is 1. The molecular formula is C23H23ClN4O5. The number of aryl methyl sites for hydroxylation is 1. The SMILES string of the molecule is Cc1cc(C=C2C(=O)NC(=O)N(C3CCCCC3)C2=O)c(C)n1-c1ccc([N+](=O)[O-])c(Cl)c1. The molecule has 0 unspecified atom stereocenters. The van der Waals surface area contributed by atoms with Crippen molar-refractivity contribution < 1.29 is 19.3 Å². The number of nitro groups is 1. The summed E-state index contributed by atoms with van der Waals surface area (Å²) in [5.74, 6) is -1.31. The molecular weight excluding hydrogens is 448 g/mol. The first-order valence-electron chi connectivity index (χ1n) is 10.7. The van der Waals surface area contributed by atoms with Gasteiger partial charge in [-0.15, -0.1) is 0 Å². The molecule has 1 saturated heterocycles. The van der Waals surface area contributed by atoms with Gasteiger partial charge in [-0.1, -0.05) is 30.9 Å². The first-order valence-corrected chi connectivity index (χ1v) is 11.1. The number of hydrogen-bond acceptors (Lipinski definition) is 5. The van der Waals surface area contributed by atoms with Gasteiger partial charge in [-0.05, 0) is 56.5 Å². The topological polar surface area (TPSA) is 115 Å². The molecule has 1 N–H and O–H groups in total. The third-order valence-electron chi connectivity index (χ3n) is 6.23. The van der Waals surface area contributed by atoms with E-state index in [9.17, 15) is 24.5 Å². The highest BCUT2D eigenvalue weighted by Gasteiger charge is 2.40. The van der Waals surface area contributed by atoms with Crippen molar-refractivity contribution in [2.24, 2.45) is 0 Å². The average Bonchev–Trinajstić information content (AvgIpc) is 3.04. The van der Waals surface area contributed by atoms with Gasteiger partial charge >= 0.3 is 6.03 Å². The lowest BCUT2D eigenvalue weighted by atomic mass is 9.93. The van der Waals surface area contributed by atoms with Crippen molar-refractivity contribution in [3.05, 3.63) is 61.9 Å². The fourth-order valence-electron chi connectivity index (χ4n) is 4.61. The van der Waals surface area contributed by atoms with Crippen LogP contribution in [0, 0.1) is 24.0 Å². The number of hydrogen-bond donors (Lipinski definition) is 1. The molecule has 0 atom stereocenters. The molecule has 1 aromatic carbocycles. The van der Waals surface area contributed by atoms with E-state index in [-0.39, 0.29) is 22.3 Å². The minimum absolute atomic E-state index is 0.00776. The number of aromatic nitrogens is 1. The van der Waals surface area contributed by atoms with Crippen LogP contribution in [0.15, 0.2) is 29.8 Å². The highest BCUT2D eigenvalue weighted by Crippen LogP contribution is 2.31. The third kappa shape index (κ3) is 4.16. The molecule has 4 rings (SSSR count). The highest BCUT2D eigenvalue weighted by molar-refractivity contribution is 6.33. The molecule has 10 heteroatoms. The van der Waals surface area contributed by atoms with E-state index in [1.807, 2.05) is 18.4 Å². The van der Waals surface area contributed by atoms with Crippen LogP contribution in [0.25, 0.3) is 11.8 Å². The lowest BCUT2D eigenvalue weighted by Crippen LogP contribution is -2.58. The number of nitrogens with one attached hydrogen (secondary N) is 1. The zero-order valence-corrected chi connectivity index (χ0v) is 19.0. The minimum Gasteiger partial charge on any atom is -0.318 e. The van der Waals surface area contributed by atoms with Gasteiger partial charge in [0.25, 0.3) is 17.5 Å². The number of benzene rings is 1. The lowest BCUT2D eigenvalue weighted by Gasteiger charge is -2.35. The van der Waals surface area contributed by atoms with E-state index in [4.69, 9.17) is 11.6 Å². The first kappa shape index (κ1) is 22.7. The highest BCUT2D eigenvalue weighted by atomic mass is 35.5. The van der Waals surface area contributed by atoms with Gasteiger partial charge in [0.15, 0.2) is 0 Å². The molecule has 1 aliphatic carbocycles. The van der Waals surface area contributed by atoms with Crippen LogP contribution in [0.1, 0.15) is 49.1 Å². The molecule has 0 spiro atoms. The van der Waals surface area contributed by atoms with E-state index in [1.54, 1.807) is 12.1 Å². The lowest BCUT2D eigenvalue weighted by molar-refractivity contribution is -0.384. The molecule has 172 valence electrons. The van der Waals surface area contributed by atoms with Crippen molar-refractivity contribution in [2.45, 2.75) is 52.0 Å². The van der Waals surface area contributed by atoms with Crippen molar-refractivity contribution >= 4 is 41.2 Å². The Morgan fingerprint density at radius 3 is 2.45 bits per heavy atom. The smallest absolute Gasteiger partial charge is 0.318 e. The first-order chi connectivity index (χ1) is 15.7. The summed E-state index contributed by atoms with van der Waals surface area (Å²) in [6.07, 6.45) is 5.90. The van der Waals surface area contributed by atoms with Gasteiger partial charge in [0.2, 0.25) is 0 Å². The number of carbonyl (C=O) groups excluding carboxylic acids is 3. The van der Waals surface area contributed by atoms with E-state index in [2.05, 4.69) is 5.32 Å². The molecule has 1 aliphatic heterocycles. The van der Waals surface area contributed by atoms with E-state index < -0.39 is 22.8 Å². The zero-order valence-electron chi connectivity index (χ0n) is 18.3. The van der Waals surface area contributed by atoms with Gasteiger partial charge in [0.05, 0.1) is 4.92 Å². The van der Waals surface area contributed by atoms with Crippen LogP contribution in [-0.2, 0) is 9.59 Å². The van der Waals surface area contributed by atoms with Crippen molar-refractivity contribution in [3.63, 3.8) is 0 Å². The standard InChI is InChI=1S/C23H23ClN4O5/c1-13-10-15(14(2)26(13)17-8-9-20(28(32)33)19(24)12-17)11-18-21(29)25-23(31)27(22(18)30)16-6-4-3-5-7-16/h8-12,16H,3-7H2,1-2H3,(H,25,29,31). The summed E-state index contributed by atoms with van der Waals surface area (Å²) in [6, 6.07) is 5.35. The second-order valence-corrected chi connectivity index (χ2v) is 8.75. The summed E-state index contributed by atoms with van der Waals surface area (Å²) < 4.78 is 1.83. The van der Waals surface area contributed by atoms with E-state index in [0.717, 1.165) is 37.8 Å². The Morgan fingerprint density at radius 1 is 1.12 bits per heavy atom. The van der Waals surface area contributed by atoms with Crippen molar-refractivity contribution in [3.8, 4) is 5.69 Å².